The van der Waals surface area contributed by atoms with Crippen molar-refractivity contribution in [2.45, 2.75) is 33.0 Å². The molecule has 4 rings (SSSR count). The van der Waals surface area contributed by atoms with Crippen LogP contribution in [0.4, 0.5) is 0 Å². The van der Waals surface area contributed by atoms with E-state index in [0.717, 1.165) is 29.9 Å². The number of nitrogens with zero attached hydrogens (tertiary/aromatic N) is 2. The van der Waals surface area contributed by atoms with Gasteiger partial charge in [-0.2, -0.15) is 0 Å². The summed E-state index contributed by atoms with van der Waals surface area (Å²) in [6, 6.07) is 15.7. The van der Waals surface area contributed by atoms with Gasteiger partial charge in [0, 0.05) is 19.1 Å². The van der Waals surface area contributed by atoms with Crippen LogP contribution in [0.1, 0.15) is 35.5 Å². The molecule has 1 atom stereocenters. The van der Waals surface area contributed by atoms with Crippen molar-refractivity contribution < 1.29 is 0 Å². The molecular formula is C18H19N3. The van der Waals surface area contributed by atoms with Crippen LogP contribution in [0.5, 0.6) is 0 Å². The lowest BCUT2D eigenvalue weighted by Crippen LogP contribution is -2.20. The van der Waals surface area contributed by atoms with Crippen molar-refractivity contribution in [3.8, 4) is 0 Å². The Balaban J connectivity index is 1.63. The molecule has 1 aliphatic heterocycles. The maximum absolute atomic E-state index is 4.47. The molecule has 2 aromatic carbocycles. The summed E-state index contributed by atoms with van der Waals surface area (Å²) in [5.74, 6) is 0.975. The summed E-state index contributed by atoms with van der Waals surface area (Å²) in [6.07, 6.45) is 0. The Labute approximate surface area is 124 Å². The predicted molar refractivity (Wildman–Crippen MR) is 84.9 cm³/mol. The summed E-state index contributed by atoms with van der Waals surface area (Å²) in [7, 11) is 0. The second-order valence-electron chi connectivity index (χ2n) is 5.95. The first-order valence-corrected chi connectivity index (χ1v) is 7.48. The standard InChI is InChI=1S/C18H19N3/c1-12(21-10-15-5-3-4-6-16(15)11-21)14-7-8-17-18(9-14)20-13(2)19-17/h3-9,12H,10-11H2,1-2H3,(H,19,20). The number of hydrogen-bond donors (Lipinski definition) is 1. The third kappa shape index (κ3) is 2.14. The number of rotatable bonds is 2. The van der Waals surface area contributed by atoms with E-state index in [1.807, 2.05) is 6.92 Å². The van der Waals surface area contributed by atoms with Gasteiger partial charge in [-0.05, 0) is 42.7 Å². The molecule has 3 aromatic rings. The van der Waals surface area contributed by atoms with Gasteiger partial charge >= 0.3 is 0 Å². The maximum Gasteiger partial charge on any atom is 0.104 e. The molecule has 21 heavy (non-hydrogen) atoms. The summed E-state index contributed by atoms with van der Waals surface area (Å²) < 4.78 is 0. The van der Waals surface area contributed by atoms with E-state index in [-0.39, 0.29) is 0 Å². The smallest absolute Gasteiger partial charge is 0.104 e. The Hall–Kier alpha value is -2.13. The molecule has 0 amide bonds. The summed E-state index contributed by atoms with van der Waals surface area (Å²) in [4.78, 5) is 10.3. The molecule has 1 unspecified atom stereocenters. The summed E-state index contributed by atoms with van der Waals surface area (Å²) in [5, 5.41) is 0. The SMILES string of the molecule is Cc1nc2ccc(C(C)N3Cc4ccccc4C3)cc2[nH]1. The van der Waals surface area contributed by atoms with E-state index in [2.05, 4.69) is 64.3 Å². The fourth-order valence-electron chi connectivity index (χ4n) is 3.26. The Morgan fingerprint density at radius 1 is 1.10 bits per heavy atom. The highest BCUT2D eigenvalue weighted by molar-refractivity contribution is 5.76. The van der Waals surface area contributed by atoms with Crippen LogP contribution in [0.25, 0.3) is 11.0 Å². The summed E-state index contributed by atoms with van der Waals surface area (Å²) in [5.41, 5.74) is 6.45. The molecule has 0 spiro atoms. The van der Waals surface area contributed by atoms with Gasteiger partial charge in [0.25, 0.3) is 0 Å². The minimum Gasteiger partial charge on any atom is -0.342 e. The Morgan fingerprint density at radius 3 is 2.52 bits per heavy atom. The van der Waals surface area contributed by atoms with E-state index in [0.29, 0.717) is 6.04 Å². The molecule has 106 valence electrons. The van der Waals surface area contributed by atoms with Crippen molar-refractivity contribution in [1.29, 1.82) is 0 Å². The molecule has 0 radical (unpaired) electrons. The average Bonchev–Trinajstić information content (AvgIpc) is 3.07. The highest BCUT2D eigenvalue weighted by atomic mass is 15.2. The van der Waals surface area contributed by atoms with Crippen molar-refractivity contribution in [3.63, 3.8) is 0 Å². The van der Waals surface area contributed by atoms with Gasteiger partial charge in [0.2, 0.25) is 0 Å². The van der Waals surface area contributed by atoms with Gasteiger partial charge in [0.15, 0.2) is 0 Å². The zero-order valence-electron chi connectivity index (χ0n) is 12.4. The van der Waals surface area contributed by atoms with E-state index in [1.165, 1.54) is 16.7 Å². The van der Waals surface area contributed by atoms with Gasteiger partial charge in [-0.1, -0.05) is 30.3 Å². The first kappa shape index (κ1) is 12.6. The number of H-pyrrole nitrogens is 1. The quantitative estimate of drug-likeness (QED) is 0.769. The van der Waals surface area contributed by atoms with Gasteiger partial charge in [0.1, 0.15) is 5.82 Å². The van der Waals surface area contributed by atoms with Crippen molar-refractivity contribution in [3.05, 3.63) is 65.0 Å². The molecule has 0 saturated heterocycles. The van der Waals surface area contributed by atoms with Crippen LogP contribution in [0.2, 0.25) is 0 Å². The average molecular weight is 277 g/mol. The fourth-order valence-corrected chi connectivity index (χ4v) is 3.26. The van der Waals surface area contributed by atoms with E-state index in [4.69, 9.17) is 0 Å². The third-order valence-corrected chi connectivity index (χ3v) is 4.52. The Bertz CT molecular complexity index is 778. The number of aryl methyl sites for hydroxylation is 1. The molecule has 2 heterocycles. The van der Waals surface area contributed by atoms with Crippen LogP contribution >= 0.6 is 0 Å². The van der Waals surface area contributed by atoms with E-state index >= 15 is 0 Å². The number of nitrogens with one attached hydrogen (secondary N) is 1. The Morgan fingerprint density at radius 2 is 1.81 bits per heavy atom. The van der Waals surface area contributed by atoms with Crippen LogP contribution in [0.15, 0.2) is 42.5 Å². The minimum absolute atomic E-state index is 0.408. The number of fused-ring (bicyclic) bond motifs is 2. The van der Waals surface area contributed by atoms with Crippen LogP contribution in [-0.4, -0.2) is 14.9 Å². The lowest BCUT2D eigenvalue weighted by molar-refractivity contribution is 0.215. The molecule has 3 heteroatoms. The van der Waals surface area contributed by atoms with Gasteiger partial charge in [-0.3, -0.25) is 4.90 Å². The van der Waals surface area contributed by atoms with Crippen molar-refractivity contribution in [2.24, 2.45) is 0 Å². The highest BCUT2D eigenvalue weighted by Crippen LogP contribution is 2.31. The lowest BCUT2D eigenvalue weighted by Gasteiger charge is -2.24. The minimum atomic E-state index is 0.408. The molecule has 0 aliphatic carbocycles. The summed E-state index contributed by atoms with van der Waals surface area (Å²) in [6.45, 7) is 6.37. The number of hydrogen-bond acceptors (Lipinski definition) is 2. The Kier molecular flexibility index (Phi) is 2.82. The number of aromatic amines is 1. The second kappa shape index (κ2) is 4.71. The van der Waals surface area contributed by atoms with Gasteiger partial charge < -0.3 is 4.98 Å². The molecule has 0 bridgehead atoms. The van der Waals surface area contributed by atoms with Crippen molar-refractivity contribution in [2.75, 3.05) is 0 Å². The van der Waals surface area contributed by atoms with Gasteiger partial charge in [0.05, 0.1) is 11.0 Å². The predicted octanol–water partition coefficient (Wildman–Crippen LogP) is 3.95. The lowest BCUT2D eigenvalue weighted by atomic mass is 10.1. The van der Waals surface area contributed by atoms with Crippen LogP contribution in [-0.2, 0) is 13.1 Å². The van der Waals surface area contributed by atoms with Crippen LogP contribution in [0.3, 0.4) is 0 Å². The van der Waals surface area contributed by atoms with Crippen LogP contribution in [0, 0.1) is 6.92 Å². The molecule has 3 nitrogen and oxygen atoms in total. The summed E-state index contributed by atoms with van der Waals surface area (Å²) >= 11 is 0. The monoisotopic (exact) mass is 277 g/mol. The number of imidazole rings is 1. The molecule has 1 aromatic heterocycles. The number of aromatic nitrogens is 2. The molecule has 1 N–H and O–H groups in total. The fraction of sp³-hybridized carbons (Fsp3) is 0.278. The zero-order chi connectivity index (χ0) is 14.4. The maximum atomic E-state index is 4.47. The van der Waals surface area contributed by atoms with Gasteiger partial charge in [-0.15, -0.1) is 0 Å². The molecule has 0 saturated carbocycles. The topological polar surface area (TPSA) is 31.9 Å². The second-order valence-corrected chi connectivity index (χ2v) is 5.95. The normalized spacial score (nSPS) is 16.3. The van der Waals surface area contributed by atoms with E-state index < -0.39 is 0 Å². The third-order valence-electron chi connectivity index (χ3n) is 4.52. The van der Waals surface area contributed by atoms with E-state index in [9.17, 15) is 0 Å². The molecular weight excluding hydrogens is 258 g/mol. The van der Waals surface area contributed by atoms with Crippen molar-refractivity contribution >= 4 is 11.0 Å². The van der Waals surface area contributed by atoms with Crippen molar-refractivity contribution in [1.82, 2.24) is 14.9 Å². The number of benzene rings is 2. The first-order chi connectivity index (χ1) is 10.2. The zero-order valence-corrected chi connectivity index (χ0v) is 12.4. The largest absolute Gasteiger partial charge is 0.342 e. The van der Waals surface area contributed by atoms with Gasteiger partial charge in [-0.25, -0.2) is 4.98 Å². The highest BCUT2D eigenvalue weighted by Gasteiger charge is 2.23. The van der Waals surface area contributed by atoms with Crippen LogP contribution < -0.4 is 0 Å². The molecule has 0 fully saturated rings. The first-order valence-electron chi connectivity index (χ1n) is 7.48. The van der Waals surface area contributed by atoms with E-state index in [1.54, 1.807) is 0 Å². The molecule has 1 aliphatic rings.